The molecule has 1 aromatic rings. The summed E-state index contributed by atoms with van der Waals surface area (Å²) in [6, 6.07) is 0. The molecule has 2 saturated heterocycles. The maximum Gasteiger partial charge on any atom is 0.225 e. The van der Waals surface area contributed by atoms with E-state index in [9.17, 15) is 0 Å². The molecule has 3 heterocycles. The first-order chi connectivity index (χ1) is 12.3. The second kappa shape index (κ2) is 10.0. The van der Waals surface area contributed by atoms with E-state index in [1.807, 2.05) is 12.4 Å². The fourth-order valence-corrected chi connectivity index (χ4v) is 3.48. The molecule has 25 heavy (non-hydrogen) atoms. The van der Waals surface area contributed by atoms with Gasteiger partial charge in [0.2, 0.25) is 5.95 Å². The summed E-state index contributed by atoms with van der Waals surface area (Å²) < 4.78 is 5.34. The average molecular weight is 349 g/mol. The fraction of sp³-hybridized carbons (Fsp3) is 0.778. The van der Waals surface area contributed by atoms with Crippen molar-refractivity contribution in [2.45, 2.75) is 25.8 Å². The van der Waals surface area contributed by atoms with Crippen molar-refractivity contribution in [1.29, 1.82) is 0 Å². The van der Waals surface area contributed by atoms with E-state index in [0.29, 0.717) is 13.2 Å². The van der Waals surface area contributed by atoms with Gasteiger partial charge < -0.3 is 14.7 Å². The van der Waals surface area contributed by atoms with Gasteiger partial charge in [0.1, 0.15) is 0 Å². The largest absolute Gasteiger partial charge is 0.394 e. The summed E-state index contributed by atoms with van der Waals surface area (Å²) in [5.41, 5.74) is 1.19. The highest BCUT2D eigenvalue weighted by atomic mass is 16.5. The maximum atomic E-state index is 8.71. The van der Waals surface area contributed by atoms with Crippen LogP contribution in [-0.4, -0.2) is 90.5 Å². The smallest absolute Gasteiger partial charge is 0.225 e. The lowest BCUT2D eigenvalue weighted by molar-refractivity contribution is 0.0563. The van der Waals surface area contributed by atoms with Crippen molar-refractivity contribution < 1.29 is 9.84 Å². The second-order valence-corrected chi connectivity index (χ2v) is 6.89. The first-order valence-electron chi connectivity index (χ1n) is 9.54. The van der Waals surface area contributed by atoms with Crippen molar-refractivity contribution in [3.8, 4) is 0 Å². The molecule has 140 valence electrons. The highest BCUT2D eigenvalue weighted by Crippen LogP contribution is 2.15. The number of anilines is 1. The first-order valence-corrected chi connectivity index (χ1v) is 9.54. The van der Waals surface area contributed by atoms with Crippen LogP contribution < -0.4 is 4.90 Å². The van der Waals surface area contributed by atoms with E-state index in [4.69, 9.17) is 9.84 Å². The van der Waals surface area contributed by atoms with E-state index in [0.717, 1.165) is 58.3 Å². The molecule has 7 heteroatoms. The Kier molecular flexibility index (Phi) is 7.41. The Morgan fingerprint density at radius 3 is 2.24 bits per heavy atom. The van der Waals surface area contributed by atoms with E-state index in [-0.39, 0.29) is 6.61 Å². The lowest BCUT2D eigenvalue weighted by Crippen LogP contribution is -2.46. The monoisotopic (exact) mass is 349 g/mol. The highest BCUT2D eigenvalue weighted by molar-refractivity contribution is 5.30. The van der Waals surface area contributed by atoms with Crippen LogP contribution in [0.1, 0.15) is 24.8 Å². The van der Waals surface area contributed by atoms with Crippen molar-refractivity contribution in [1.82, 2.24) is 19.8 Å². The van der Waals surface area contributed by atoms with E-state index in [1.165, 1.54) is 24.8 Å². The summed E-state index contributed by atoms with van der Waals surface area (Å²) in [7, 11) is 0. The van der Waals surface area contributed by atoms with Crippen molar-refractivity contribution in [2.24, 2.45) is 0 Å². The molecule has 0 aromatic carbocycles. The summed E-state index contributed by atoms with van der Waals surface area (Å²) in [5.74, 6) is 0.885. The van der Waals surface area contributed by atoms with E-state index < -0.39 is 0 Å². The molecule has 0 amide bonds. The molecule has 2 aliphatic rings. The van der Waals surface area contributed by atoms with Crippen LogP contribution in [-0.2, 0) is 11.3 Å². The van der Waals surface area contributed by atoms with Gasteiger partial charge in [-0.1, -0.05) is 0 Å². The molecule has 0 atom stereocenters. The summed E-state index contributed by atoms with van der Waals surface area (Å²) in [5, 5.41) is 8.71. The average Bonchev–Trinajstić information content (AvgIpc) is 2.68. The molecule has 0 bridgehead atoms. The molecule has 1 aromatic heterocycles. The highest BCUT2D eigenvalue weighted by Gasteiger charge is 2.17. The van der Waals surface area contributed by atoms with Crippen LogP contribution in [0.3, 0.4) is 0 Å². The third kappa shape index (κ3) is 5.88. The van der Waals surface area contributed by atoms with Gasteiger partial charge in [0, 0.05) is 70.3 Å². The molecule has 7 nitrogen and oxygen atoms in total. The molecular weight excluding hydrogens is 318 g/mol. The zero-order valence-electron chi connectivity index (χ0n) is 15.1. The molecule has 1 N–H and O–H groups in total. The Hall–Kier alpha value is -1.28. The predicted molar refractivity (Wildman–Crippen MR) is 97.7 cm³/mol. The van der Waals surface area contributed by atoms with Crippen LogP contribution in [0.15, 0.2) is 12.4 Å². The number of hydrogen-bond donors (Lipinski definition) is 1. The van der Waals surface area contributed by atoms with Crippen LogP contribution >= 0.6 is 0 Å². The van der Waals surface area contributed by atoms with Crippen molar-refractivity contribution in [3.05, 3.63) is 18.0 Å². The van der Waals surface area contributed by atoms with Gasteiger partial charge in [0.05, 0.1) is 19.8 Å². The van der Waals surface area contributed by atoms with Gasteiger partial charge >= 0.3 is 0 Å². The molecule has 0 unspecified atom stereocenters. The van der Waals surface area contributed by atoms with Gasteiger partial charge in [0.15, 0.2) is 0 Å². The minimum atomic E-state index is 0.104. The topological polar surface area (TPSA) is 65.0 Å². The predicted octanol–water partition coefficient (Wildman–Crippen LogP) is 0.593. The van der Waals surface area contributed by atoms with E-state index in [1.54, 1.807) is 0 Å². The Labute approximate surface area is 150 Å². The summed E-state index contributed by atoms with van der Waals surface area (Å²) >= 11 is 0. The number of hydrogen-bond acceptors (Lipinski definition) is 7. The normalized spacial score (nSPS) is 20.1. The molecule has 2 fully saturated rings. The summed E-state index contributed by atoms with van der Waals surface area (Å²) in [6.07, 6.45) is 7.81. The number of ether oxygens (including phenoxy) is 1. The quantitative estimate of drug-likeness (QED) is 0.689. The summed E-state index contributed by atoms with van der Waals surface area (Å²) in [6.45, 7) is 9.54. The Morgan fingerprint density at radius 1 is 0.880 bits per heavy atom. The molecule has 0 saturated carbocycles. The summed E-state index contributed by atoms with van der Waals surface area (Å²) in [4.78, 5) is 16.3. The molecule has 3 rings (SSSR count). The number of nitrogens with zero attached hydrogens (tertiary/aromatic N) is 5. The van der Waals surface area contributed by atoms with Crippen LogP contribution in [0.25, 0.3) is 0 Å². The van der Waals surface area contributed by atoms with Gasteiger partial charge in [-0.25, -0.2) is 9.97 Å². The van der Waals surface area contributed by atoms with Gasteiger partial charge in [-0.2, -0.15) is 0 Å². The maximum absolute atomic E-state index is 8.71. The van der Waals surface area contributed by atoms with Gasteiger partial charge in [-0.15, -0.1) is 0 Å². The van der Waals surface area contributed by atoms with Gasteiger partial charge in [-0.05, 0) is 19.3 Å². The third-order valence-corrected chi connectivity index (χ3v) is 4.99. The minimum Gasteiger partial charge on any atom is -0.394 e. The van der Waals surface area contributed by atoms with Crippen molar-refractivity contribution in [2.75, 3.05) is 70.5 Å². The molecule has 0 radical (unpaired) electrons. The number of piperazine rings is 1. The minimum absolute atomic E-state index is 0.104. The van der Waals surface area contributed by atoms with Crippen molar-refractivity contribution >= 4 is 5.95 Å². The SMILES string of the molecule is OCCOCCN1CCN(Cc2cnc(N3CCCCC3)nc2)CC1. The Morgan fingerprint density at radius 2 is 1.56 bits per heavy atom. The number of aromatic nitrogens is 2. The van der Waals surface area contributed by atoms with Crippen molar-refractivity contribution in [3.63, 3.8) is 0 Å². The fourth-order valence-electron chi connectivity index (χ4n) is 3.48. The molecular formula is C18H31N5O2. The number of aliphatic hydroxyl groups is 1. The van der Waals surface area contributed by atoms with Crippen LogP contribution in [0.4, 0.5) is 5.95 Å². The Balaban J connectivity index is 1.38. The third-order valence-electron chi connectivity index (χ3n) is 4.99. The van der Waals surface area contributed by atoms with Gasteiger partial charge in [-0.3, -0.25) is 9.80 Å². The van der Waals surface area contributed by atoms with Gasteiger partial charge in [0.25, 0.3) is 0 Å². The lowest BCUT2D eigenvalue weighted by Gasteiger charge is -2.34. The zero-order valence-corrected chi connectivity index (χ0v) is 15.1. The van der Waals surface area contributed by atoms with E-state index >= 15 is 0 Å². The number of aliphatic hydroxyl groups excluding tert-OH is 1. The lowest BCUT2D eigenvalue weighted by atomic mass is 10.1. The second-order valence-electron chi connectivity index (χ2n) is 6.89. The molecule has 0 spiro atoms. The zero-order chi connectivity index (χ0) is 17.3. The number of piperidine rings is 1. The number of rotatable bonds is 8. The van der Waals surface area contributed by atoms with Crippen LogP contribution in [0.2, 0.25) is 0 Å². The Bertz CT molecular complexity index is 485. The van der Waals surface area contributed by atoms with Crippen LogP contribution in [0.5, 0.6) is 0 Å². The molecule has 0 aliphatic carbocycles. The standard InChI is InChI=1S/C18H31N5O2/c24-11-13-25-12-10-21-6-8-22(9-7-21)16-17-14-19-18(20-15-17)23-4-2-1-3-5-23/h14-15,24H,1-13,16H2. The van der Waals surface area contributed by atoms with E-state index in [2.05, 4.69) is 24.7 Å². The van der Waals surface area contributed by atoms with Crippen LogP contribution in [0, 0.1) is 0 Å². The first kappa shape index (κ1) is 18.5. The molecule has 2 aliphatic heterocycles.